The zero-order valence-electron chi connectivity index (χ0n) is 29.4. The van der Waals surface area contributed by atoms with Crippen molar-refractivity contribution in [1.29, 1.82) is 0 Å². The van der Waals surface area contributed by atoms with Crippen molar-refractivity contribution in [2.45, 2.75) is 123 Å². The zero-order chi connectivity index (χ0) is 37.3. The first-order chi connectivity index (χ1) is 23.0. The molecule has 17 heteroatoms. The first kappa shape index (κ1) is 42.9. The molecule has 6 atom stereocenters. The highest BCUT2D eigenvalue weighted by atomic mass is 16.3. The number of nitrogens with one attached hydrogen (secondary N) is 6. The Hall–Kier alpha value is -4.12. The van der Waals surface area contributed by atoms with Crippen LogP contribution in [0.5, 0.6) is 0 Å². The van der Waals surface area contributed by atoms with Crippen LogP contribution in [-0.2, 0) is 38.4 Å². The molecule has 0 aromatic heterocycles. The summed E-state index contributed by atoms with van der Waals surface area (Å²) in [7, 11) is 0. The quantitative estimate of drug-likeness (QED) is 0.0599. The van der Waals surface area contributed by atoms with Gasteiger partial charge in [-0.15, -0.1) is 0 Å². The summed E-state index contributed by atoms with van der Waals surface area (Å²) in [4.78, 5) is 102. The van der Waals surface area contributed by atoms with Gasteiger partial charge in [-0.1, -0.05) is 40.0 Å². The Morgan fingerprint density at radius 3 is 1.96 bits per heavy atom. The number of carbonyl (C=O) groups excluding carboxylic acids is 8. The lowest BCUT2D eigenvalue weighted by atomic mass is 10.0. The first-order valence-electron chi connectivity index (χ1n) is 16.8. The van der Waals surface area contributed by atoms with Gasteiger partial charge < -0.3 is 47.0 Å². The standard InChI is InChI=1S/C32H55N7O10/c1-7-8-9-11-22(35-21(6)43)30(47)37-23(14-18(2)3)29(46)33-15-26(44)36-24(17-40)31(48)38-28(20(5)42)32(49)34-16-27(45)39-13-10-12-25(39)19(4)41/h18,20,22-25,28,40,42H,7-17H2,1-6H3,(H,33,46)(H,34,49)(H,35,43)(H,36,44)(H,37,47)(H,38,48)/t20-,22+,23+,24+,25+,28+/m1/s1. The number of Topliss-reactive ketones (excluding diaryl/α,β-unsaturated/α-hetero) is 1. The molecule has 7 amide bonds. The predicted molar refractivity (Wildman–Crippen MR) is 177 cm³/mol. The van der Waals surface area contributed by atoms with E-state index in [1.165, 1.54) is 25.7 Å². The van der Waals surface area contributed by atoms with E-state index in [0.717, 1.165) is 12.8 Å². The van der Waals surface area contributed by atoms with Crippen molar-refractivity contribution in [1.82, 2.24) is 36.8 Å². The summed E-state index contributed by atoms with van der Waals surface area (Å²) in [5.74, 6) is -5.11. The number of rotatable bonds is 21. The third kappa shape index (κ3) is 15.3. The third-order valence-electron chi connectivity index (χ3n) is 7.91. The second kappa shape index (κ2) is 21.8. The van der Waals surface area contributed by atoms with Gasteiger partial charge in [0.15, 0.2) is 5.78 Å². The molecule has 49 heavy (non-hydrogen) atoms. The zero-order valence-corrected chi connectivity index (χ0v) is 29.4. The van der Waals surface area contributed by atoms with Gasteiger partial charge in [-0.3, -0.25) is 38.4 Å². The maximum absolute atomic E-state index is 13.0. The van der Waals surface area contributed by atoms with Crippen LogP contribution in [0.2, 0.25) is 0 Å². The molecule has 1 heterocycles. The van der Waals surface area contributed by atoms with Gasteiger partial charge in [0.05, 0.1) is 31.8 Å². The number of aliphatic hydroxyl groups is 2. The summed E-state index contributed by atoms with van der Waals surface area (Å²) in [6, 6.07) is -5.57. The molecular weight excluding hydrogens is 642 g/mol. The minimum Gasteiger partial charge on any atom is -0.394 e. The van der Waals surface area contributed by atoms with Crippen molar-refractivity contribution in [3.8, 4) is 0 Å². The molecule has 0 spiro atoms. The molecular formula is C32H55N7O10. The van der Waals surface area contributed by atoms with Gasteiger partial charge in [0, 0.05) is 13.5 Å². The highest BCUT2D eigenvalue weighted by Crippen LogP contribution is 2.17. The van der Waals surface area contributed by atoms with Crippen molar-refractivity contribution in [2.24, 2.45) is 5.92 Å². The second-order valence-corrected chi connectivity index (χ2v) is 12.8. The summed E-state index contributed by atoms with van der Waals surface area (Å²) in [5, 5.41) is 34.4. The first-order valence-corrected chi connectivity index (χ1v) is 16.8. The molecule has 0 bridgehead atoms. The Bertz CT molecular complexity index is 1180. The van der Waals surface area contributed by atoms with Crippen LogP contribution in [0, 0.1) is 5.92 Å². The number of carbonyl (C=O) groups is 8. The molecule has 1 aliphatic heterocycles. The lowest BCUT2D eigenvalue weighted by Crippen LogP contribution is -2.59. The number of ketones is 1. The van der Waals surface area contributed by atoms with Crippen molar-refractivity contribution < 1.29 is 48.6 Å². The van der Waals surface area contributed by atoms with Crippen LogP contribution in [0.1, 0.15) is 86.5 Å². The van der Waals surface area contributed by atoms with E-state index < -0.39 is 97.4 Å². The average Bonchev–Trinajstić information content (AvgIpc) is 3.53. The van der Waals surface area contributed by atoms with E-state index in [9.17, 15) is 48.6 Å². The van der Waals surface area contributed by atoms with Crippen LogP contribution >= 0.6 is 0 Å². The fraction of sp³-hybridized carbons (Fsp3) is 0.750. The minimum absolute atomic E-state index is 0.0264. The van der Waals surface area contributed by atoms with Crippen molar-refractivity contribution in [2.75, 3.05) is 26.2 Å². The molecule has 278 valence electrons. The number of likely N-dealkylation sites (tertiary alicyclic amines) is 1. The van der Waals surface area contributed by atoms with E-state index in [-0.39, 0.29) is 18.1 Å². The number of unbranched alkanes of at least 4 members (excludes halogenated alkanes) is 2. The summed E-state index contributed by atoms with van der Waals surface area (Å²) in [5.41, 5.74) is 0. The van der Waals surface area contributed by atoms with Crippen LogP contribution in [0.25, 0.3) is 0 Å². The molecule has 1 aliphatic rings. The van der Waals surface area contributed by atoms with Gasteiger partial charge in [-0.2, -0.15) is 0 Å². The molecule has 17 nitrogen and oxygen atoms in total. The lowest BCUT2D eigenvalue weighted by Gasteiger charge is -2.26. The van der Waals surface area contributed by atoms with Crippen molar-refractivity contribution in [3.63, 3.8) is 0 Å². The number of amides is 7. The molecule has 0 radical (unpaired) electrons. The van der Waals surface area contributed by atoms with Crippen molar-refractivity contribution >= 4 is 47.1 Å². The summed E-state index contributed by atoms with van der Waals surface area (Å²) >= 11 is 0. The van der Waals surface area contributed by atoms with Crippen molar-refractivity contribution in [3.05, 3.63) is 0 Å². The molecule has 0 saturated carbocycles. The average molecular weight is 698 g/mol. The van der Waals surface area contributed by atoms with Crippen LogP contribution in [0.3, 0.4) is 0 Å². The Morgan fingerprint density at radius 2 is 1.41 bits per heavy atom. The topological polar surface area (TPSA) is 252 Å². The van der Waals surface area contributed by atoms with Gasteiger partial charge in [-0.05, 0) is 45.4 Å². The van der Waals surface area contributed by atoms with E-state index >= 15 is 0 Å². The highest BCUT2D eigenvalue weighted by Gasteiger charge is 2.34. The van der Waals surface area contributed by atoms with Crippen LogP contribution in [-0.4, -0.2) is 125 Å². The van der Waals surface area contributed by atoms with E-state index in [1.54, 1.807) is 0 Å². The van der Waals surface area contributed by atoms with Crippen LogP contribution in [0.4, 0.5) is 0 Å². The minimum atomic E-state index is -1.58. The molecule has 0 aromatic carbocycles. The Balaban J connectivity index is 2.78. The number of hydrogen-bond acceptors (Lipinski definition) is 10. The lowest BCUT2D eigenvalue weighted by molar-refractivity contribution is -0.138. The molecule has 1 rings (SSSR count). The van der Waals surface area contributed by atoms with E-state index in [4.69, 9.17) is 0 Å². The summed E-state index contributed by atoms with van der Waals surface area (Å²) in [6.45, 7) is 7.93. The highest BCUT2D eigenvalue weighted by molar-refractivity contribution is 5.96. The Kier molecular flexibility index (Phi) is 19.1. The SMILES string of the molecule is CCCCC[C@H](NC(C)=O)C(=O)N[C@@H](CC(C)C)C(=O)NCC(=O)N[C@@H](CO)C(=O)N[C@H](C(=O)NCC(=O)N1CCC[C@H]1C(C)=O)[C@@H](C)O. The molecule has 0 aromatic rings. The fourth-order valence-corrected chi connectivity index (χ4v) is 5.34. The summed E-state index contributed by atoms with van der Waals surface area (Å²) in [6.07, 6.45) is 2.81. The molecule has 0 unspecified atom stereocenters. The molecule has 1 fully saturated rings. The predicted octanol–water partition coefficient (Wildman–Crippen LogP) is -2.24. The van der Waals surface area contributed by atoms with Gasteiger partial charge >= 0.3 is 0 Å². The fourth-order valence-electron chi connectivity index (χ4n) is 5.34. The second-order valence-electron chi connectivity index (χ2n) is 12.8. The largest absolute Gasteiger partial charge is 0.394 e. The molecule has 8 N–H and O–H groups in total. The van der Waals surface area contributed by atoms with Crippen LogP contribution in [0.15, 0.2) is 0 Å². The van der Waals surface area contributed by atoms with Gasteiger partial charge in [0.2, 0.25) is 41.4 Å². The van der Waals surface area contributed by atoms with Gasteiger partial charge in [0.1, 0.15) is 24.2 Å². The van der Waals surface area contributed by atoms with E-state index in [0.29, 0.717) is 32.2 Å². The monoisotopic (exact) mass is 697 g/mol. The van der Waals surface area contributed by atoms with Gasteiger partial charge in [0.25, 0.3) is 0 Å². The van der Waals surface area contributed by atoms with E-state index in [1.807, 2.05) is 20.8 Å². The molecule has 0 aliphatic carbocycles. The summed E-state index contributed by atoms with van der Waals surface area (Å²) < 4.78 is 0. The number of nitrogens with zero attached hydrogens (tertiary/aromatic N) is 1. The van der Waals surface area contributed by atoms with Gasteiger partial charge in [-0.25, -0.2) is 0 Å². The number of aliphatic hydroxyl groups excluding tert-OH is 2. The van der Waals surface area contributed by atoms with E-state index in [2.05, 4.69) is 31.9 Å². The molecule has 1 saturated heterocycles. The maximum atomic E-state index is 13.0. The number of hydrogen-bond donors (Lipinski definition) is 8. The normalized spacial score (nSPS) is 17.2. The van der Waals surface area contributed by atoms with Crippen LogP contribution < -0.4 is 31.9 Å². The maximum Gasteiger partial charge on any atom is 0.245 e. The smallest absolute Gasteiger partial charge is 0.245 e. The Labute approximate surface area is 287 Å². The third-order valence-corrected chi connectivity index (χ3v) is 7.91. The Morgan fingerprint density at radius 1 is 0.776 bits per heavy atom.